The molecule has 0 aliphatic heterocycles. The lowest BCUT2D eigenvalue weighted by Crippen LogP contribution is -2.18. The minimum Gasteiger partial charge on any atom is -0.312 e. The van der Waals surface area contributed by atoms with Crippen LogP contribution in [0.15, 0.2) is 60.7 Å². The van der Waals surface area contributed by atoms with Crippen molar-refractivity contribution in [2.45, 2.75) is 0 Å². The minimum absolute atomic E-state index is 0.201. The van der Waals surface area contributed by atoms with Gasteiger partial charge in [0.05, 0.1) is 6.54 Å². The quantitative estimate of drug-likeness (QED) is 0.832. The molecule has 0 atom stereocenters. The van der Waals surface area contributed by atoms with Gasteiger partial charge in [-0.1, -0.05) is 72.4 Å². The largest absolute Gasteiger partial charge is 0.312 e. The summed E-state index contributed by atoms with van der Waals surface area (Å²) in [4.78, 5) is 11.7. The van der Waals surface area contributed by atoms with E-state index in [0.717, 1.165) is 5.49 Å². The molecule has 0 aliphatic rings. The van der Waals surface area contributed by atoms with Gasteiger partial charge in [-0.15, -0.1) is 0 Å². The second-order valence-corrected chi connectivity index (χ2v) is 7.94. The minimum atomic E-state index is -0.480. The fourth-order valence-electron chi connectivity index (χ4n) is 1.85. The van der Waals surface area contributed by atoms with Crippen LogP contribution in [-0.2, 0) is 4.79 Å². The van der Waals surface area contributed by atoms with E-state index in [2.05, 4.69) is 53.8 Å². The maximum absolute atomic E-state index is 11.7. The van der Waals surface area contributed by atoms with E-state index in [1.807, 2.05) is 12.1 Å². The Morgan fingerprint density at radius 2 is 1.50 bits per heavy atom. The van der Waals surface area contributed by atoms with Crippen LogP contribution in [0.4, 0.5) is 0 Å². The summed E-state index contributed by atoms with van der Waals surface area (Å²) in [6.07, 6.45) is 0. The highest BCUT2D eigenvalue weighted by molar-refractivity contribution is 8.18. The molecule has 20 heavy (non-hydrogen) atoms. The smallest absolute Gasteiger partial charge is 0.203 e. The van der Waals surface area contributed by atoms with Crippen molar-refractivity contribution in [3.05, 3.63) is 60.7 Å². The van der Waals surface area contributed by atoms with Gasteiger partial charge in [0.1, 0.15) is 0 Å². The zero-order chi connectivity index (χ0) is 14.2. The fourth-order valence-corrected chi connectivity index (χ4v) is 5.74. The Balaban J connectivity index is 2.15. The van der Waals surface area contributed by atoms with Gasteiger partial charge in [0.25, 0.3) is 0 Å². The number of hydrogen-bond donors (Lipinski definition) is 1. The monoisotopic (exact) mass is 303 g/mol. The van der Waals surface area contributed by atoms with Crippen LogP contribution in [0.25, 0.3) is 0 Å². The first-order valence-corrected chi connectivity index (χ1v) is 9.00. The van der Waals surface area contributed by atoms with Crippen molar-refractivity contribution in [2.24, 2.45) is 0 Å². The van der Waals surface area contributed by atoms with E-state index >= 15 is 0 Å². The lowest BCUT2D eigenvalue weighted by molar-refractivity contribution is -0.110. The van der Waals surface area contributed by atoms with Crippen LogP contribution < -0.4 is 15.9 Å². The van der Waals surface area contributed by atoms with E-state index in [1.165, 1.54) is 22.4 Å². The molecule has 2 aromatic rings. The molecule has 1 N–H and O–H groups in total. The Kier molecular flexibility index (Phi) is 6.25. The molecule has 0 amide bonds. The summed E-state index contributed by atoms with van der Waals surface area (Å²) < 4.78 is 0. The van der Waals surface area contributed by atoms with Crippen molar-refractivity contribution in [3.8, 4) is 0 Å². The van der Waals surface area contributed by atoms with Crippen LogP contribution >= 0.6 is 19.7 Å². The highest BCUT2D eigenvalue weighted by Crippen LogP contribution is 2.37. The predicted octanol–water partition coefficient (Wildman–Crippen LogP) is 2.56. The normalized spacial score (nSPS) is 10.7. The number of thioether (sulfide) groups is 1. The van der Waals surface area contributed by atoms with E-state index in [9.17, 15) is 4.79 Å². The Bertz CT molecular complexity index is 493. The molecule has 0 fully saturated rings. The number of carbonyl (C=O) groups is 1. The number of likely N-dealkylation sites (N-methyl/N-ethyl adjacent to an activating group) is 1. The molecule has 0 saturated carbocycles. The van der Waals surface area contributed by atoms with Crippen LogP contribution in [0.2, 0.25) is 0 Å². The Hall–Kier alpha value is -1.15. The average molecular weight is 303 g/mol. The predicted molar refractivity (Wildman–Crippen MR) is 90.5 cm³/mol. The molecule has 0 unspecified atom stereocenters. The zero-order valence-corrected chi connectivity index (χ0v) is 13.2. The van der Waals surface area contributed by atoms with Gasteiger partial charge >= 0.3 is 0 Å². The standard InChI is InChI=1S/C16H18NOPS/c1-17-12-16(18)20-13-19(14-8-4-2-5-9-14)15-10-6-3-7-11-15/h2-11,17H,12-13H2,1H3. The lowest BCUT2D eigenvalue weighted by Gasteiger charge is -2.17. The first kappa shape index (κ1) is 15.2. The van der Waals surface area contributed by atoms with Crippen LogP contribution in [0, 0.1) is 0 Å². The van der Waals surface area contributed by atoms with Crippen LogP contribution in [0.3, 0.4) is 0 Å². The van der Waals surface area contributed by atoms with E-state index in [0.29, 0.717) is 6.54 Å². The van der Waals surface area contributed by atoms with E-state index in [1.54, 1.807) is 7.05 Å². The highest BCUT2D eigenvalue weighted by Gasteiger charge is 2.15. The first-order chi connectivity index (χ1) is 9.81. The van der Waals surface area contributed by atoms with Crippen molar-refractivity contribution in [1.82, 2.24) is 5.32 Å². The SMILES string of the molecule is CNCC(=O)SCP(c1ccccc1)c1ccccc1. The molecule has 4 heteroatoms. The van der Waals surface area contributed by atoms with Crippen molar-refractivity contribution < 1.29 is 4.79 Å². The summed E-state index contributed by atoms with van der Waals surface area (Å²) >= 11 is 1.43. The van der Waals surface area contributed by atoms with E-state index in [4.69, 9.17) is 0 Å². The van der Waals surface area contributed by atoms with Gasteiger partial charge in [-0.25, -0.2) is 0 Å². The molecular weight excluding hydrogens is 285 g/mol. The fraction of sp³-hybridized carbons (Fsp3) is 0.188. The zero-order valence-electron chi connectivity index (χ0n) is 11.5. The molecule has 0 bridgehead atoms. The van der Waals surface area contributed by atoms with Gasteiger partial charge in [-0.05, 0) is 25.6 Å². The van der Waals surface area contributed by atoms with Crippen LogP contribution in [0.1, 0.15) is 0 Å². The number of hydrogen-bond acceptors (Lipinski definition) is 3. The summed E-state index contributed by atoms with van der Waals surface area (Å²) in [7, 11) is 1.32. The molecular formula is C16H18NOPS. The molecule has 0 heterocycles. The van der Waals surface area contributed by atoms with Gasteiger partial charge in [0, 0.05) is 5.49 Å². The summed E-state index contributed by atoms with van der Waals surface area (Å²) in [5.74, 6) is 0. The maximum Gasteiger partial charge on any atom is 0.203 e. The average Bonchev–Trinajstić information content (AvgIpc) is 2.50. The number of benzene rings is 2. The van der Waals surface area contributed by atoms with Gasteiger partial charge in [-0.2, -0.15) is 0 Å². The molecule has 2 rings (SSSR count). The van der Waals surface area contributed by atoms with Crippen molar-refractivity contribution >= 4 is 35.4 Å². The second-order valence-electron chi connectivity index (χ2n) is 4.27. The van der Waals surface area contributed by atoms with Crippen molar-refractivity contribution in [2.75, 3.05) is 19.1 Å². The Morgan fingerprint density at radius 1 is 1.00 bits per heavy atom. The molecule has 2 nitrogen and oxygen atoms in total. The lowest BCUT2D eigenvalue weighted by atomic mass is 10.4. The second kappa shape index (κ2) is 8.21. The summed E-state index contributed by atoms with van der Waals surface area (Å²) in [5.41, 5.74) is 0.837. The van der Waals surface area contributed by atoms with Crippen molar-refractivity contribution in [1.29, 1.82) is 0 Å². The molecule has 0 aliphatic carbocycles. The van der Waals surface area contributed by atoms with E-state index < -0.39 is 7.92 Å². The molecule has 0 radical (unpaired) electrons. The maximum atomic E-state index is 11.7. The molecule has 0 aromatic heterocycles. The topological polar surface area (TPSA) is 29.1 Å². The molecule has 0 saturated heterocycles. The number of carbonyl (C=O) groups excluding carboxylic acids is 1. The van der Waals surface area contributed by atoms with Crippen LogP contribution in [-0.4, -0.2) is 24.2 Å². The summed E-state index contributed by atoms with van der Waals surface area (Å²) in [6, 6.07) is 20.9. The Morgan fingerprint density at radius 3 is 1.95 bits per heavy atom. The third-order valence-electron chi connectivity index (χ3n) is 2.81. The van der Waals surface area contributed by atoms with Gasteiger partial charge in [0.2, 0.25) is 5.12 Å². The molecule has 0 spiro atoms. The summed E-state index contributed by atoms with van der Waals surface area (Å²) in [5, 5.41) is 5.74. The van der Waals surface area contributed by atoms with Gasteiger partial charge in [0.15, 0.2) is 0 Å². The first-order valence-electron chi connectivity index (χ1n) is 6.49. The van der Waals surface area contributed by atoms with Gasteiger partial charge in [-0.3, -0.25) is 4.79 Å². The molecule has 104 valence electrons. The highest BCUT2D eigenvalue weighted by atomic mass is 32.2. The summed E-state index contributed by atoms with van der Waals surface area (Å²) in [6.45, 7) is 0.428. The Labute approximate surface area is 125 Å². The third kappa shape index (κ3) is 4.45. The number of rotatable bonds is 6. The number of nitrogens with one attached hydrogen (secondary N) is 1. The van der Waals surface area contributed by atoms with Crippen molar-refractivity contribution in [3.63, 3.8) is 0 Å². The van der Waals surface area contributed by atoms with Gasteiger partial charge < -0.3 is 5.32 Å². The molecule has 2 aromatic carbocycles. The van der Waals surface area contributed by atoms with Crippen LogP contribution in [0.5, 0.6) is 0 Å². The van der Waals surface area contributed by atoms with E-state index in [-0.39, 0.29) is 5.12 Å². The third-order valence-corrected chi connectivity index (χ3v) is 6.67.